The maximum Gasteiger partial charge on any atom is 0.337 e. The molecule has 0 bridgehead atoms. The number of hydrogen-bond acceptors (Lipinski definition) is 3. The van der Waals surface area contributed by atoms with E-state index in [0.717, 1.165) is 16.6 Å². The highest BCUT2D eigenvalue weighted by Gasteiger charge is 2.12. The number of nitrogens with zero attached hydrogens (tertiary/aromatic N) is 2. The van der Waals surface area contributed by atoms with Gasteiger partial charge in [0.2, 0.25) is 0 Å². The Hall–Kier alpha value is -2.69. The van der Waals surface area contributed by atoms with Crippen molar-refractivity contribution in [2.75, 3.05) is 0 Å². The largest absolute Gasteiger partial charge is 0.478 e. The van der Waals surface area contributed by atoms with Gasteiger partial charge in [0.1, 0.15) is 0 Å². The van der Waals surface area contributed by atoms with Crippen molar-refractivity contribution >= 4 is 17.0 Å². The molecule has 2 N–H and O–H groups in total. The number of pyridine rings is 1. The summed E-state index contributed by atoms with van der Waals surface area (Å²) in [5.74, 6) is -0.984. The van der Waals surface area contributed by atoms with Gasteiger partial charge in [-0.25, -0.2) is 9.78 Å². The number of aromatic amines is 1. The van der Waals surface area contributed by atoms with Crippen LogP contribution in [0.1, 0.15) is 10.4 Å². The zero-order valence-electron chi connectivity index (χ0n) is 9.29. The molecule has 3 aromatic rings. The number of imidazole rings is 1. The number of rotatable bonds is 2. The van der Waals surface area contributed by atoms with E-state index in [9.17, 15) is 4.79 Å². The molecule has 18 heavy (non-hydrogen) atoms. The van der Waals surface area contributed by atoms with E-state index in [4.69, 9.17) is 5.11 Å². The molecule has 2 aromatic heterocycles. The van der Waals surface area contributed by atoms with Gasteiger partial charge in [-0.3, -0.25) is 4.98 Å². The number of aromatic carboxylic acids is 1. The Bertz CT molecular complexity index is 734. The van der Waals surface area contributed by atoms with Crippen LogP contribution in [0.5, 0.6) is 0 Å². The number of carboxylic acid groups (broad SMARTS) is 1. The van der Waals surface area contributed by atoms with Crippen LogP contribution >= 0.6 is 0 Å². The lowest BCUT2D eigenvalue weighted by molar-refractivity contribution is 0.0697. The lowest BCUT2D eigenvalue weighted by atomic mass is 10.0. The summed E-state index contributed by atoms with van der Waals surface area (Å²) in [6.45, 7) is 0. The Balaban J connectivity index is 2.22. The predicted octanol–water partition coefficient (Wildman–Crippen LogP) is 2.32. The summed E-state index contributed by atoms with van der Waals surface area (Å²) in [4.78, 5) is 22.1. The number of benzene rings is 1. The molecule has 0 spiro atoms. The third-order valence-corrected chi connectivity index (χ3v) is 2.78. The summed E-state index contributed by atoms with van der Waals surface area (Å²) < 4.78 is 0. The number of fused-ring (bicyclic) bond motifs is 1. The van der Waals surface area contributed by atoms with Gasteiger partial charge in [0.25, 0.3) is 0 Å². The zero-order chi connectivity index (χ0) is 12.5. The second-order valence-electron chi connectivity index (χ2n) is 3.86. The van der Waals surface area contributed by atoms with Gasteiger partial charge in [0.15, 0.2) is 0 Å². The number of hydrogen-bond donors (Lipinski definition) is 2. The van der Waals surface area contributed by atoms with Crippen molar-refractivity contribution in [3.05, 3.63) is 48.5 Å². The van der Waals surface area contributed by atoms with Gasteiger partial charge < -0.3 is 10.1 Å². The van der Waals surface area contributed by atoms with E-state index in [-0.39, 0.29) is 5.56 Å². The summed E-state index contributed by atoms with van der Waals surface area (Å²) >= 11 is 0. The Morgan fingerprint density at radius 3 is 3.00 bits per heavy atom. The molecule has 0 aliphatic rings. The second kappa shape index (κ2) is 3.96. The van der Waals surface area contributed by atoms with Gasteiger partial charge in [0.05, 0.1) is 22.9 Å². The molecule has 0 unspecified atom stereocenters. The van der Waals surface area contributed by atoms with E-state index >= 15 is 0 Å². The monoisotopic (exact) mass is 239 g/mol. The van der Waals surface area contributed by atoms with Crippen LogP contribution in [0.4, 0.5) is 0 Å². The number of H-pyrrole nitrogens is 1. The molecule has 88 valence electrons. The average Bonchev–Trinajstić information content (AvgIpc) is 2.85. The number of carbonyl (C=O) groups is 1. The zero-order valence-corrected chi connectivity index (χ0v) is 9.29. The highest BCUT2D eigenvalue weighted by atomic mass is 16.4. The van der Waals surface area contributed by atoms with Gasteiger partial charge in [-0.05, 0) is 29.3 Å². The van der Waals surface area contributed by atoms with Crippen LogP contribution in [0.3, 0.4) is 0 Å². The van der Waals surface area contributed by atoms with E-state index in [2.05, 4.69) is 15.0 Å². The number of aromatic nitrogens is 3. The van der Waals surface area contributed by atoms with Crippen LogP contribution in [0.2, 0.25) is 0 Å². The van der Waals surface area contributed by atoms with E-state index < -0.39 is 5.97 Å². The first kappa shape index (κ1) is 10.5. The van der Waals surface area contributed by atoms with E-state index in [1.807, 2.05) is 18.2 Å². The van der Waals surface area contributed by atoms with Crippen LogP contribution in [-0.2, 0) is 0 Å². The van der Waals surface area contributed by atoms with E-state index in [1.54, 1.807) is 18.6 Å². The van der Waals surface area contributed by atoms with Gasteiger partial charge in [-0.2, -0.15) is 0 Å². The number of nitrogens with one attached hydrogen (secondary N) is 1. The summed E-state index contributed by atoms with van der Waals surface area (Å²) in [5.41, 5.74) is 3.39. The first-order chi connectivity index (χ1) is 8.75. The lowest BCUT2D eigenvalue weighted by Crippen LogP contribution is -2.00. The smallest absolute Gasteiger partial charge is 0.337 e. The molecule has 2 heterocycles. The molecule has 3 rings (SSSR count). The third-order valence-electron chi connectivity index (χ3n) is 2.78. The topological polar surface area (TPSA) is 78.9 Å². The van der Waals surface area contributed by atoms with Crippen molar-refractivity contribution in [1.29, 1.82) is 0 Å². The van der Waals surface area contributed by atoms with Crippen molar-refractivity contribution in [2.24, 2.45) is 0 Å². The van der Waals surface area contributed by atoms with Gasteiger partial charge in [0, 0.05) is 12.4 Å². The Morgan fingerprint density at radius 2 is 2.17 bits per heavy atom. The standard InChI is InChI=1S/C13H9N3O2/c17-13(18)10-6-14-4-3-9(10)8-1-2-11-12(5-8)16-7-15-11/h1-7H,(H,15,16)(H,17,18). The van der Waals surface area contributed by atoms with Crippen molar-refractivity contribution < 1.29 is 9.90 Å². The number of carboxylic acids is 1. The minimum absolute atomic E-state index is 0.191. The molecule has 5 heteroatoms. The Morgan fingerprint density at radius 1 is 1.28 bits per heavy atom. The normalized spacial score (nSPS) is 10.7. The van der Waals surface area contributed by atoms with Crippen LogP contribution in [0.25, 0.3) is 22.2 Å². The fourth-order valence-corrected chi connectivity index (χ4v) is 1.92. The van der Waals surface area contributed by atoms with Gasteiger partial charge >= 0.3 is 5.97 Å². The average molecular weight is 239 g/mol. The Labute approximate surface area is 102 Å². The maximum atomic E-state index is 11.1. The molecule has 0 saturated carbocycles. The summed E-state index contributed by atoms with van der Waals surface area (Å²) in [6.07, 6.45) is 4.55. The maximum absolute atomic E-state index is 11.1. The molecule has 0 atom stereocenters. The molecular weight excluding hydrogens is 230 g/mol. The molecule has 0 radical (unpaired) electrons. The molecular formula is C13H9N3O2. The molecule has 0 aliphatic heterocycles. The highest BCUT2D eigenvalue weighted by Crippen LogP contribution is 2.25. The van der Waals surface area contributed by atoms with Crippen LogP contribution in [0.15, 0.2) is 43.0 Å². The first-order valence-corrected chi connectivity index (χ1v) is 5.36. The van der Waals surface area contributed by atoms with Crippen molar-refractivity contribution in [3.8, 4) is 11.1 Å². The lowest BCUT2D eigenvalue weighted by Gasteiger charge is -2.05. The second-order valence-corrected chi connectivity index (χ2v) is 3.86. The fourth-order valence-electron chi connectivity index (χ4n) is 1.92. The quantitative estimate of drug-likeness (QED) is 0.719. The van der Waals surface area contributed by atoms with Gasteiger partial charge in [-0.1, -0.05) is 6.07 Å². The van der Waals surface area contributed by atoms with Crippen LogP contribution in [0, 0.1) is 0 Å². The molecule has 0 amide bonds. The fraction of sp³-hybridized carbons (Fsp3) is 0. The molecule has 0 fully saturated rings. The van der Waals surface area contributed by atoms with E-state index in [0.29, 0.717) is 5.56 Å². The Kier molecular flexibility index (Phi) is 2.30. The minimum Gasteiger partial charge on any atom is -0.478 e. The molecule has 5 nitrogen and oxygen atoms in total. The van der Waals surface area contributed by atoms with Crippen molar-refractivity contribution in [3.63, 3.8) is 0 Å². The first-order valence-electron chi connectivity index (χ1n) is 5.36. The molecule has 0 saturated heterocycles. The van der Waals surface area contributed by atoms with Crippen molar-refractivity contribution in [2.45, 2.75) is 0 Å². The summed E-state index contributed by atoms with van der Waals surface area (Å²) in [7, 11) is 0. The van der Waals surface area contributed by atoms with Crippen LogP contribution < -0.4 is 0 Å². The molecule has 0 aliphatic carbocycles. The van der Waals surface area contributed by atoms with E-state index in [1.165, 1.54) is 6.20 Å². The highest BCUT2D eigenvalue weighted by molar-refractivity contribution is 5.96. The van der Waals surface area contributed by atoms with Gasteiger partial charge in [-0.15, -0.1) is 0 Å². The van der Waals surface area contributed by atoms with Crippen LogP contribution in [-0.4, -0.2) is 26.0 Å². The summed E-state index contributed by atoms with van der Waals surface area (Å²) in [5, 5.41) is 9.14. The SMILES string of the molecule is O=C(O)c1cnccc1-c1ccc2nc[nH]c2c1. The van der Waals surface area contributed by atoms with Crippen molar-refractivity contribution in [1.82, 2.24) is 15.0 Å². The predicted molar refractivity (Wildman–Crippen MR) is 66.3 cm³/mol. The molecule has 1 aromatic carbocycles. The summed E-state index contributed by atoms with van der Waals surface area (Å²) in [6, 6.07) is 7.28. The minimum atomic E-state index is -0.984. The third kappa shape index (κ3) is 1.62.